The van der Waals surface area contributed by atoms with Gasteiger partial charge in [0.15, 0.2) is 0 Å². The minimum absolute atomic E-state index is 0.515. The molecule has 0 aliphatic heterocycles. The molecule has 0 spiro atoms. The van der Waals surface area contributed by atoms with E-state index in [2.05, 4.69) is 45.7 Å². The predicted molar refractivity (Wildman–Crippen MR) is 59.6 cm³/mol. The Hall–Kier alpha value is 0.960. The second-order valence-electron chi connectivity index (χ2n) is 3.03. The molecule has 0 amide bonds. The molecule has 11 heavy (non-hydrogen) atoms. The van der Waals surface area contributed by atoms with Crippen LogP contribution in [0, 0.1) is 5.92 Å². The first-order valence-corrected chi connectivity index (χ1v) is 6.33. The van der Waals surface area contributed by atoms with Gasteiger partial charge in [0.2, 0.25) is 0 Å². The van der Waals surface area contributed by atoms with E-state index in [1.54, 1.807) is 0 Å². The number of rotatable bonds is 6. The van der Waals surface area contributed by atoms with Gasteiger partial charge in [-0.05, 0) is 18.8 Å². The van der Waals surface area contributed by atoms with E-state index in [0.29, 0.717) is 3.74 Å². The van der Waals surface area contributed by atoms with Gasteiger partial charge in [-0.15, -0.1) is 0 Å². The highest BCUT2D eigenvalue weighted by Gasteiger charge is 2.13. The summed E-state index contributed by atoms with van der Waals surface area (Å²) in [5.74, 6) is 0.819. The van der Waals surface area contributed by atoms with Crippen LogP contribution in [0.1, 0.15) is 46.0 Å². The molecule has 0 rings (SSSR count). The van der Waals surface area contributed by atoms with E-state index in [-0.39, 0.29) is 0 Å². The zero-order valence-corrected chi connectivity index (χ0v) is 10.6. The molecule has 68 valence electrons. The Morgan fingerprint density at radius 2 is 1.64 bits per heavy atom. The number of hydrogen-bond donors (Lipinski definition) is 0. The van der Waals surface area contributed by atoms with E-state index < -0.39 is 0 Å². The quantitative estimate of drug-likeness (QED) is 0.620. The maximum atomic E-state index is 3.59. The van der Waals surface area contributed by atoms with Gasteiger partial charge in [-0.1, -0.05) is 65.0 Å². The number of unbranched alkanes of at least 4 members (excludes halogenated alkanes) is 1. The lowest BCUT2D eigenvalue weighted by molar-refractivity contribution is 0.466. The Kier molecular flexibility index (Phi) is 8.26. The molecule has 0 saturated carbocycles. The highest BCUT2D eigenvalue weighted by molar-refractivity contribution is 9.24. The van der Waals surface area contributed by atoms with E-state index in [1.165, 1.54) is 32.1 Å². The smallest absolute Gasteiger partial charge is 0.0726 e. The van der Waals surface area contributed by atoms with E-state index in [1.807, 2.05) is 0 Å². The minimum Gasteiger partial charge on any atom is -0.0762 e. The standard InChI is InChI=1S/C9H18Br2/c1-3-5-7-8(6-4-2)9(10)11/h8-9H,3-7H2,1-2H3. The maximum Gasteiger partial charge on any atom is 0.0726 e. The van der Waals surface area contributed by atoms with Crippen LogP contribution in [-0.4, -0.2) is 3.74 Å². The summed E-state index contributed by atoms with van der Waals surface area (Å²) in [5, 5.41) is 0. The van der Waals surface area contributed by atoms with Gasteiger partial charge in [-0.3, -0.25) is 0 Å². The SMILES string of the molecule is CCCCC(CCC)C(Br)Br. The average Bonchev–Trinajstić information content (AvgIpc) is 1.97. The third-order valence-electron chi connectivity index (χ3n) is 1.94. The zero-order valence-electron chi connectivity index (χ0n) is 7.45. The molecule has 0 aromatic rings. The Morgan fingerprint density at radius 3 is 2.00 bits per heavy atom. The topological polar surface area (TPSA) is 0 Å². The molecule has 1 atom stereocenters. The second kappa shape index (κ2) is 7.60. The van der Waals surface area contributed by atoms with Crippen LogP contribution in [0.4, 0.5) is 0 Å². The first kappa shape index (κ1) is 12.0. The zero-order chi connectivity index (χ0) is 8.69. The summed E-state index contributed by atoms with van der Waals surface area (Å²) in [5.41, 5.74) is 0. The predicted octanol–water partition coefficient (Wildman–Crippen LogP) is 4.71. The second-order valence-corrected chi connectivity index (χ2v) is 6.23. The normalized spacial score (nSPS) is 13.9. The molecular formula is C9H18Br2. The van der Waals surface area contributed by atoms with Crippen molar-refractivity contribution in [3.8, 4) is 0 Å². The molecule has 0 aliphatic carbocycles. The molecule has 0 fully saturated rings. The lowest BCUT2D eigenvalue weighted by Crippen LogP contribution is -2.07. The summed E-state index contributed by atoms with van der Waals surface area (Å²) in [6.07, 6.45) is 6.65. The summed E-state index contributed by atoms with van der Waals surface area (Å²) in [6.45, 7) is 4.50. The van der Waals surface area contributed by atoms with Crippen LogP contribution in [-0.2, 0) is 0 Å². The fraction of sp³-hybridized carbons (Fsp3) is 1.00. The maximum absolute atomic E-state index is 3.59. The van der Waals surface area contributed by atoms with Crippen molar-refractivity contribution in [3.05, 3.63) is 0 Å². The van der Waals surface area contributed by atoms with Crippen molar-refractivity contribution in [1.82, 2.24) is 0 Å². The van der Waals surface area contributed by atoms with Crippen molar-refractivity contribution in [3.63, 3.8) is 0 Å². The van der Waals surface area contributed by atoms with Gasteiger partial charge in [0, 0.05) is 0 Å². The van der Waals surface area contributed by atoms with Crippen LogP contribution in [0.5, 0.6) is 0 Å². The first-order chi connectivity index (χ1) is 5.22. The Labute approximate surface area is 87.4 Å². The molecule has 0 aromatic heterocycles. The van der Waals surface area contributed by atoms with Crippen molar-refractivity contribution in [1.29, 1.82) is 0 Å². The number of hydrogen-bond acceptors (Lipinski definition) is 0. The molecule has 0 aliphatic rings. The van der Waals surface area contributed by atoms with E-state index >= 15 is 0 Å². The summed E-state index contributed by atoms with van der Waals surface area (Å²) in [7, 11) is 0. The average molecular weight is 286 g/mol. The van der Waals surface area contributed by atoms with Crippen molar-refractivity contribution in [2.75, 3.05) is 0 Å². The van der Waals surface area contributed by atoms with Gasteiger partial charge in [0.25, 0.3) is 0 Å². The monoisotopic (exact) mass is 284 g/mol. The first-order valence-electron chi connectivity index (χ1n) is 4.50. The molecule has 0 saturated heterocycles. The lowest BCUT2D eigenvalue weighted by atomic mass is 9.99. The van der Waals surface area contributed by atoms with Gasteiger partial charge in [0.05, 0.1) is 3.74 Å². The fourth-order valence-corrected chi connectivity index (χ4v) is 2.29. The molecule has 0 heterocycles. The number of halogens is 2. The van der Waals surface area contributed by atoms with E-state index in [4.69, 9.17) is 0 Å². The van der Waals surface area contributed by atoms with Crippen LogP contribution in [0.15, 0.2) is 0 Å². The number of alkyl halides is 2. The van der Waals surface area contributed by atoms with E-state index in [9.17, 15) is 0 Å². The third kappa shape index (κ3) is 6.15. The van der Waals surface area contributed by atoms with Crippen molar-refractivity contribution >= 4 is 31.9 Å². The van der Waals surface area contributed by atoms with Crippen molar-refractivity contribution in [2.45, 2.75) is 49.7 Å². The summed E-state index contributed by atoms with van der Waals surface area (Å²) in [4.78, 5) is 0. The van der Waals surface area contributed by atoms with Crippen molar-refractivity contribution in [2.24, 2.45) is 5.92 Å². The highest BCUT2D eigenvalue weighted by atomic mass is 79.9. The molecule has 0 radical (unpaired) electrons. The molecular weight excluding hydrogens is 268 g/mol. The molecule has 1 unspecified atom stereocenters. The van der Waals surface area contributed by atoms with Gasteiger partial charge < -0.3 is 0 Å². The van der Waals surface area contributed by atoms with Gasteiger partial charge >= 0.3 is 0 Å². The lowest BCUT2D eigenvalue weighted by Gasteiger charge is -2.16. The van der Waals surface area contributed by atoms with Crippen LogP contribution >= 0.6 is 31.9 Å². The van der Waals surface area contributed by atoms with Crippen LogP contribution in [0.3, 0.4) is 0 Å². The molecule has 0 bridgehead atoms. The third-order valence-corrected chi connectivity index (χ3v) is 3.44. The Bertz CT molecular complexity index is 81.6. The fourth-order valence-electron chi connectivity index (χ4n) is 1.23. The summed E-state index contributed by atoms with van der Waals surface area (Å²) >= 11 is 7.18. The largest absolute Gasteiger partial charge is 0.0762 e. The van der Waals surface area contributed by atoms with E-state index in [0.717, 1.165) is 5.92 Å². The molecule has 0 aromatic carbocycles. The summed E-state index contributed by atoms with van der Waals surface area (Å²) < 4.78 is 0.515. The van der Waals surface area contributed by atoms with Gasteiger partial charge in [0.1, 0.15) is 0 Å². The Morgan fingerprint density at radius 1 is 1.00 bits per heavy atom. The minimum atomic E-state index is 0.515. The molecule has 0 nitrogen and oxygen atoms in total. The Balaban J connectivity index is 3.51. The molecule has 2 heteroatoms. The molecule has 0 N–H and O–H groups in total. The van der Waals surface area contributed by atoms with Gasteiger partial charge in [-0.2, -0.15) is 0 Å². The van der Waals surface area contributed by atoms with Gasteiger partial charge in [-0.25, -0.2) is 0 Å². The highest BCUT2D eigenvalue weighted by Crippen LogP contribution is 2.28. The summed E-state index contributed by atoms with van der Waals surface area (Å²) in [6, 6.07) is 0. The van der Waals surface area contributed by atoms with Crippen molar-refractivity contribution < 1.29 is 0 Å². The van der Waals surface area contributed by atoms with Crippen LogP contribution in [0.25, 0.3) is 0 Å². The van der Waals surface area contributed by atoms with Crippen LogP contribution < -0.4 is 0 Å². The van der Waals surface area contributed by atoms with Crippen LogP contribution in [0.2, 0.25) is 0 Å².